The van der Waals surface area contributed by atoms with Crippen LogP contribution in [0.4, 0.5) is 0 Å². The van der Waals surface area contributed by atoms with Crippen molar-refractivity contribution in [1.82, 2.24) is 19.7 Å². The Kier molecular flexibility index (Phi) is 5.48. The number of aryl methyl sites for hydroxylation is 1. The molecule has 3 heterocycles. The van der Waals surface area contributed by atoms with Crippen molar-refractivity contribution in [2.75, 3.05) is 0 Å². The summed E-state index contributed by atoms with van der Waals surface area (Å²) in [4.78, 5) is 17.6. The van der Waals surface area contributed by atoms with E-state index in [-0.39, 0.29) is 17.6 Å². The Morgan fingerprint density at radius 1 is 1.06 bits per heavy atom. The van der Waals surface area contributed by atoms with Crippen LogP contribution in [0, 0.1) is 13.8 Å². The molecule has 0 saturated heterocycles. The van der Waals surface area contributed by atoms with E-state index in [1.165, 1.54) is 0 Å². The van der Waals surface area contributed by atoms with Gasteiger partial charge in [-0.25, -0.2) is 0 Å². The number of nitrogens with zero attached hydrogens (tertiary/aromatic N) is 4. The topological polar surface area (TPSA) is 73.8 Å². The quantitative estimate of drug-likeness (QED) is 0.278. The molecule has 0 aliphatic carbocycles. The van der Waals surface area contributed by atoms with Gasteiger partial charge in [-0.1, -0.05) is 40.9 Å². The first-order valence-corrected chi connectivity index (χ1v) is 11.0. The number of aromatic nitrogens is 4. The van der Waals surface area contributed by atoms with Crippen molar-refractivity contribution in [2.24, 2.45) is 0 Å². The molecule has 0 amide bonds. The summed E-state index contributed by atoms with van der Waals surface area (Å²) in [6.07, 6.45) is 3.26. The zero-order valence-corrected chi connectivity index (χ0v) is 19.4. The molecule has 0 aliphatic heterocycles. The molecular formula is C25H18Cl2N4O2. The van der Waals surface area contributed by atoms with Crippen molar-refractivity contribution in [1.29, 1.82) is 0 Å². The summed E-state index contributed by atoms with van der Waals surface area (Å²) < 4.78 is 7.79. The van der Waals surface area contributed by atoms with E-state index in [0.29, 0.717) is 27.7 Å². The van der Waals surface area contributed by atoms with Crippen LogP contribution in [-0.2, 0) is 6.54 Å². The third kappa shape index (κ3) is 3.92. The van der Waals surface area contributed by atoms with Gasteiger partial charge in [0.25, 0.3) is 11.7 Å². The Morgan fingerprint density at radius 2 is 1.91 bits per heavy atom. The van der Waals surface area contributed by atoms with Gasteiger partial charge < -0.3 is 8.98 Å². The van der Waals surface area contributed by atoms with E-state index in [9.17, 15) is 4.79 Å². The Labute approximate surface area is 199 Å². The normalized spacial score (nSPS) is 11.3. The molecule has 2 aromatic carbocycles. The third-order valence-electron chi connectivity index (χ3n) is 5.58. The second-order valence-corrected chi connectivity index (χ2v) is 8.63. The average molecular weight is 477 g/mol. The summed E-state index contributed by atoms with van der Waals surface area (Å²) in [6.45, 7) is 4.38. The van der Waals surface area contributed by atoms with Gasteiger partial charge in [0, 0.05) is 45.6 Å². The number of carbonyl (C=O) groups excluding carboxylic acids is 1. The highest BCUT2D eigenvalue weighted by molar-refractivity contribution is 6.35. The van der Waals surface area contributed by atoms with Crippen molar-refractivity contribution in [3.63, 3.8) is 0 Å². The van der Waals surface area contributed by atoms with E-state index in [2.05, 4.69) is 19.7 Å². The number of halogens is 2. The maximum absolute atomic E-state index is 13.5. The molecule has 8 heteroatoms. The average Bonchev–Trinajstić information content (AvgIpc) is 3.39. The van der Waals surface area contributed by atoms with Crippen LogP contribution in [0.1, 0.15) is 33.1 Å². The monoisotopic (exact) mass is 476 g/mol. The molecule has 0 fully saturated rings. The van der Waals surface area contributed by atoms with Gasteiger partial charge in [-0.15, -0.1) is 10.2 Å². The minimum absolute atomic E-state index is 0.0676. The van der Waals surface area contributed by atoms with Gasteiger partial charge in [-0.3, -0.25) is 9.78 Å². The zero-order chi connectivity index (χ0) is 23.1. The highest BCUT2D eigenvalue weighted by Crippen LogP contribution is 2.31. The van der Waals surface area contributed by atoms with Crippen LogP contribution >= 0.6 is 23.2 Å². The lowest BCUT2D eigenvalue weighted by Crippen LogP contribution is -2.07. The van der Waals surface area contributed by atoms with Crippen molar-refractivity contribution in [3.05, 3.63) is 99.2 Å². The largest absolute Gasteiger partial charge is 0.413 e. The summed E-state index contributed by atoms with van der Waals surface area (Å²) in [6, 6.07) is 15.0. The number of carbonyl (C=O) groups is 1. The van der Waals surface area contributed by atoms with E-state index >= 15 is 0 Å². The molecule has 0 bridgehead atoms. The first-order chi connectivity index (χ1) is 15.9. The fourth-order valence-corrected chi connectivity index (χ4v) is 4.40. The summed E-state index contributed by atoms with van der Waals surface area (Å²) in [5.41, 5.74) is 4.82. The molecule has 0 aliphatic rings. The van der Waals surface area contributed by atoms with Crippen LogP contribution < -0.4 is 0 Å². The van der Waals surface area contributed by atoms with Crippen LogP contribution in [0.15, 0.2) is 65.3 Å². The second kappa shape index (κ2) is 8.46. The number of pyridine rings is 1. The Bertz CT molecular complexity index is 1510. The predicted molar refractivity (Wildman–Crippen MR) is 128 cm³/mol. The highest BCUT2D eigenvalue weighted by Gasteiger charge is 2.26. The molecular weight excluding hydrogens is 459 g/mol. The predicted octanol–water partition coefficient (Wildman–Crippen LogP) is 6.29. The Hall–Kier alpha value is -3.48. The van der Waals surface area contributed by atoms with Gasteiger partial charge in [0.2, 0.25) is 5.89 Å². The van der Waals surface area contributed by atoms with Gasteiger partial charge in [0.15, 0.2) is 0 Å². The summed E-state index contributed by atoms with van der Waals surface area (Å²) >= 11 is 12.5. The van der Waals surface area contributed by atoms with E-state index in [1.807, 2.05) is 38.1 Å². The van der Waals surface area contributed by atoms with Crippen molar-refractivity contribution < 1.29 is 9.21 Å². The highest BCUT2D eigenvalue weighted by atomic mass is 35.5. The zero-order valence-electron chi connectivity index (χ0n) is 17.8. The standard InChI is InChI=1S/C25H18Cl2N4O2/c1-14-5-8-21-19(10-14)22(15(2)31(21)13-17-6-7-18(26)11-20(17)27)23(32)25-30-29-24(33-25)16-4-3-9-28-12-16/h3-12H,13H2,1-2H3. The number of benzene rings is 2. The van der Waals surface area contributed by atoms with Gasteiger partial charge in [0.1, 0.15) is 0 Å². The molecule has 0 saturated carbocycles. The van der Waals surface area contributed by atoms with Crippen LogP contribution in [0.25, 0.3) is 22.4 Å². The SMILES string of the molecule is Cc1ccc2c(c1)c(C(=O)c1nnc(-c3cccnc3)o1)c(C)n2Cc1ccc(Cl)cc1Cl. The molecule has 3 aromatic heterocycles. The van der Waals surface area contributed by atoms with Crippen molar-refractivity contribution in [3.8, 4) is 11.5 Å². The van der Waals surface area contributed by atoms with Crippen molar-refractivity contribution >= 4 is 39.9 Å². The van der Waals surface area contributed by atoms with Gasteiger partial charge in [-0.05, 0) is 55.8 Å². The lowest BCUT2D eigenvalue weighted by molar-refractivity contribution is 0.100. The van der Waals surface area contributed by atoms with E-state index in [0.717, 1.165) is 27.7 Å². The second-order valence-electron chi connectivity index (χ2n) is 7.79. The van der Waals surface area contributed by atoms with Crippen LogP contribution in [0.3, 0.4) is 0 Å². The lowest BCUT2D eigenvalue weighted by atomic mass is 10.0. The first-order valence-electron chi connectivity index (χ1n) is 10.2. The Balaban J connectivity index is 1.61. The smallest absolute Gasteiger partial charge is 0.289 e. The molecule has 0 atom stereocenters. The molecule has 0 radical (unpaired) electrons. The van der Waals surface area contributed by atoms with Crippen molar-refractivity contribution in [2.45, 2.75) is 20.4 Å². The maximum Gasteiger partial charge on any atom is 0.289 e. The molecule has 0 N–H and O–H groups in total. The maximum atomic E-state index is 13.5. The van der Waals surface area contributed by atoms with Crippen LogP contribution in [0.2, 0.25) is 10.0 Å². The number of fused-ring (bicyclic) bond motifs is 1. The van der Waals surface area contributed by atoms with Crippen LogP contribution in [0.5, 0.6) is 0 Å². The van der Waals surface area contributed by atoms with Crippen LogP contribution in [-0.4, -0.2) is 25.5 Å². The summed E-state index contributed by atoms with van der Waals surface area (Å²) in [5.74, 6) is -0.148. The minimum atomic E-state index is -0.327. The molecule has 5 aromatic rings. The molecule has 6 nitrogen and oxygen atoms in total. The molecule has 33 heavy (non-hydrogen) atoms. The lowest BCUT2D eigenvalue weighted by Gasteiger charge is -2.11. The van der Waals surface area contributed by atoms with E-state index in [4.69, 9.17) is 27.6 Å². The fraction of sp³-hybridized carbons (Fsp3) is 0.120. The third-order valence-corrected chi connectivity index (χ3v) is 6.16. The fourth-order valence-electron chi connectivity index (χ4n) is 3.93. The van der Waals surface area contributed by atoms with E-state index in [1.54, 1.807) is 36.7 Å². The first kappa shape index (κ1) is 21.4. The number of rotatable bonds is 5. The molecule has 0 spiro atoms. The Morgan fingerprint density at radius 3 is 2.67 bits per heavy atom. The van der Waals surface area contributed by atoms with E-state index < -0.39 is 0 Å². The molecule has 5 rings (SSSR count). The number of hydrogen-bond acceptors (Lipinski definition) is 5. The minimum Gasteiger partial charge on any atom is -0.413 e. The summed E-state index contributed by atoms with van der Waals surface area (Å²) in [5, 5.41) is 10.0. The number of ketones is 1. The van der Waals surface area contributed by atoms with Gasteiger partial charge in [0.05, 0.1) is 11.1 Å². The van der Waals surface area contributed by atoms with Gasteiger partial charge in [-0.2, -0.15) is 0 Å². The van der Waals surface area contributed by atoms with Gasteiger partial charge >= 0.3 is 0 Å². The number of hydrogen-bond donors (Lipinski definition) is 0. The molecule has 164 valence electrons. The summed E-state index contributed by atoms with van der Waals surface area (Å²) in [7, 11) is 0. The molecule has 0 unspecified atom stereocenters.